The average Bonchev–Trinajstić information content (AvgIpc) is 2.98. The molecule has 0 saturated carbocycles. The number of carbonyl (C=O) groups excluding carboxylic acids is 1. The third kappa shape index (κ3) is 7.02. The van der Waals surface area contributed by atoms with Crippen molar-refractivity contribution in [2.45, 2.75) is 39.3 Å². The lowest BCUT2D eigenvalue weighted by molar-refractivity contribution is -0.120. The molecule has 0 fully saturated rings. The number of benzene rings is 3. The zero-order valence-corrected chi connectivity index (χ0v) is 24.2. The number of nitrogens with zero attached hydrogens (tertiary/aromatic N) is 2. The minimum absolute atomic E-state index is 0.0799. The van der Waals surface area contributed by atoms with Gasteiger partial charge in [-0.25, -0.2) is 4.98 Å². The Hall–Kier alpha value is -5.26. The minimum atomic E-state index is -4.00. The molecule has 0 bridgehead atoms. The smallest absolute Gasteiger partial charge is 0.386 e. The van der Waals surface area contributed by atoms with E-state index in [1.807, 2.05) is 31.2 Å². The Morgan fingerprint density at radius 1 is 1.00 bits per heavy atom. The number of anilines is 4. The molecule has 9 nitrogen and oxygen atoms in total. The molecule has 5 rings (SSSR count). The minimum Gasteiger partial charge on any atom is -0.399 e. The van der Waals surface area contributed by atoms with E-state index in [0.29, 0.717) is 47.6 Å². The van der Waals surface area contributed by atoms with Crippen molar-refractivity contribution in [1.29, 1.82) is 16.2 Å². The van der Waals surface area contributed by atoms with E-state index in [4.69, 9.17) is 32.7 Å². The second-order valence-corrected chi connectivity index (χ2v) is 10.5. The SMILES string of the molecule is CC(F)(F)F.Cc1cc(-c2nc3ccc(N)c(C=N)c3c3c2CC(C(=O)Nc2ccc(N(C=N)C=N)cc2)CC3)ccc1N. The van der Waals surface area contributed by atoms with Crippen LogP contribution in [0.2, 0.25) is 0 Å². The number of rotatable bonds is 7. The van der Waals surface area contributed by atoms with Crippen molar-refractivity contribution in [3.8, 4) is 11.3 Å². The van der Waals surface area contributed by atoms with Crippen LogP contribution in [0.5, 0.6) is 0 Å². The number of amides is 1. The largest absolute Gasteiger partial charge is 0.399 e. The van der Waals surface area contributed by atoms with E-state index in [0.717, 1.165) is 51.5 Å². The van der Waals surface area contributed by atoms with Crippen molar-refractivity contribution in [3.05, 3.63) is 76.9 Å². The van der Waals surface area contributed by atoms with E-state index in [1.54, 1.807) is 30.3 Å². The summed E-state index contributed by atoms with van der Waals surface area (Å²) in [5, 5.41) is 26.7. The first-order chi connectivity index (χ1) is 20.8. The molecule has 8 N–H and O–H groups in total. The molecule has 1 amide bonds. The summed E-state index contributed by atoms with van der Waals surface area (Å²) < 4.78 is 31.1. The summed E-state index contributed by atoms with van der Waals surface area (Å²) in [6, 6.07) is 16.6. The number of carbonyl (C=O) groups is 1. The molecule has 4 aromatic rings. The Labute approximate surface area is 252 Å². The predicted octanol–water partition coefficient (Wildman–Crippen LogP) is 6.71. The maximum absolute atomic E-state index is 13.4. The van der Waals surface area contributed by atoms with Crippen molar-refractivity contribution < 1.29 is 18.0 Å². The maximum Gasteiger partial charge on any atom is 0.386 e. The molecular formula is C32H33F3N8O. The summed E-state index contributed by atoms with van der Waals surface area (Å²) in [7, 11) is 0. The van der Waals surface area contributed by atoms with Crippen LogP contribution in [0.15, 0.2) is 54.6 Å². The summed E-state index contributed by atoms with van der Waals surface area (Å²) in [5.74, 6) is -0.349. The fourth-order valence-electron chi connectivity index (χ4n) is 5.27. The quantitative estimate of drug-likeness (QED) is 0.0784. The number of aromatic nitrogens is 1. The molecule has 1 aromatic heterocycles. The van der Waals surface area contributed by atoms with Gasteiger partial charge < -0.3 is 22.2 Å². The number of pyridine rings is 1. The Morgan fingerprint density at radius 2 is 1.64 bits per heavy atom. The molecule has 0 radical (unpaired) electrons. The first-order valence-corrected chi connectivity index (χ1v) is 13.7. The van der Waals surface area contributed by atoms with Crippen LogP contribution in [0, 0.1) is 29.1 Å². The summed E-state index contributed by atoms with van der Waals surface area (Å²) in [6.45, 7) is 2.15. The number of nitrogen functional groups attached to an aromatic ring is 2. The number of hydrogen-bond acceptors (Lipinski definition) is 7. The van der Waals surface area contributed by atoms with Gasteiger partial charge in [0.1, 0.15) is 0 Å². The lowest BCUT2D eigenvalue weighted by Crippen LogP contribution is -2.29. The van der Waals surface area contributed by atoms with E-state index < -0.39 is 6.18 Å². The van der Waals surface area contributed by atoms with Crippen LogP contribution in [0.1, 0.15) is 35.6 Å². The van der Waals surface area contributed by atoms with Crippen molar-refractivity contribution in [3.63, 3.8) is 0 Å². The van der Waals surface area contributed by atoms with Gasteiger partial charge in [-0.05, 0) is 91.4 Å². The standard InChI is InChI=1S/C30H30N8O.C2H3F3/c1-17-12-18(3-9-25(17)34)29-23-13-19(30(39)36-20-4-6-21(7-5-20)38(15-32)16-33)2-8-22(23)28-24(14-31)26(35)10-11-27(28)37-29;1-2(3,4)5/h3-7,9-12,14-16,19,31-33H,2,8,13,34-35H2,1H3,(H,36,39);1H3. The van der Waals surface area contributed by atoms with E-state index in [-0.39, 0.29) is 18.7 Å². The summed E-state index contributed by atoms with van der Waals surface area (Å²) >= 11 is 0. The molecular weight excluding hydrogens is 569 g/mol. The van der Waals surface area contributed by atoms with Gasteiger partial charge in [-0.3, -0.25) is 20.5 Å². The number of aryl methyl sites for hydroxylation is 2. The van der Waals surface area contributed by atoms with Crippen LogP contribution in [0.4, 0.5) is 35.9 Å². The molecule has 3 aromatic carbocycles. The van der Waals surface area contributed by atoms with Crippen LogP contribution in [0.25, 0.3) is 22.2 Å². The molecule has 0 spiro atoms. The lowest BCUT2D eigenvalue weighted by Gasteiger charge is -2.28. The van der Waals surface area contributed by atoms with Gasteiger partial charge in [0.2, 0.25) is 5.91 Å². The molecule has 44 heavy (non-hydrogen) atoms. The van der Waals surface area contributed by atoms with Crippen LogP contribution in [-0.4, -0.2) is 36.0 Å². The van der Waals surface area contributed by atoms with Gasteiger partial charge in [0.05, 0.1) is 23.9 Å². The fraction of sp³-hybridized carbons (Fsp3) is 0.219. The molecule has 1 unspecified atom stereocenters. The van der Waals surface area contributed by atoms with Crippen molar-refractivity contribution in [2.24, 2.45) is 5.92 Å². The monoisotopic (exact) mass is 602 g/mol. The molecule has 1 aliphatic carbocycles. The predicted molar refractivity (Wildman–Crippen MR) is 171 cm³/mol. The molecule has 12 heteroatoms. The molecule has 0 aliphatic heterocycles. The van der Waals surface area contributed by atoms with Crippen molar-refractivity contribution in [1.82, 2.24) is 4.98 Å². The van der Waals surface area contributed by atoms with Crippen molar-refractivity contribution in [2.75, 3.05) is 21.7 Å². The molecule has 0 saturated heterocycles. The van der Waals surface area contributed by atoms with Gasteiger partial charge in [0.25, 0.3) is 0 Å². The number of alkyl halides is 3. The topological polar surface area (TPSA) is 169 Å². The van der Waals surface area contributed by atoms with Gasteiger partial charge >= 0.3 is 6.18 Å². The number of nitrogens with one attached hydrogen (secondary N) is 4. The van der Waals surface area contributed by atoms with Crippen LogP contribution in [-0.2, 0) is 17.6 Å². The summed E-state index contributed by atoms with van der Waals surface area (Å²) in [4.78, 5) is 19.8. The zero-order valence-electron chi connectivity index (χ0n) is 24.2. The van der Waals surface area contributed by atoms with Gasteiger partial charge in [0.15, 0.2) is 0 Å². The van der Waals surface area contributed by atoms with E-state index in [1.165, 1.54) is 11.1 Å². The first-order valence-electron chi connectivity index (χ1n) is 13.7. The van der Waals surface area contributed by atoms with Crippen LogP contribution >= 0.6 is 0 Å². The van der Waals surface area contributed by atoms with Gasteiger partial charge in [-0.2, -0.15) is 13.2 Å². The normalized spacial score (nSPS) is 14.1. The first kappa shape index (κ1) is 31.7. The van der Waals surface area contributed by atoms with Crippen LogP contribution < -0.4 is 21.7 Å². The highest BCUT2D eigenvalue weighted by atomic mass is 19.4. The Balaban J connectivity index is 0.000000818. The molecule has 1 aliphatic rings. The zero-order chi connectivity index (χ0) is 32.2. The molecule has 1 atom stereocenters. The molecule has 228 valence electrons. The second-order valence-electron chi connectivity index (χ2n) is 10.5. The van der Waals surface area contributed by atoms with E-state index in [2.05, 4.69) is 5.32 Å². The second kappa shape index (κ2) is 12.9. The highest BCUT2D eigenvalue weighted by Crippen LogP contribution is 2.40. The van der Waals surface area contributed by atoms with E-state index in [9.17, 15) is 18.0 Å². The van der Waals surface area contributed by atoms with Gasteiger partial charge in [0, 0.05) is 58.3 Å². The fourth-order valence-corrected chi connectivity index (χ4v) is 5.27. The Bertz CT molecular complexity index is 1720. The maximum atomic E-state index is 13.4. The average molecular weight is 603 g/mol. The summed E-state index contributed by atoms with van der Waals surface area (Å²) in [5.41, 5.74) is 21.1. The highest BCUT2D eigenvalue weighted by Gasteiger charge is 2.30. The number of hydrogen-bond donors (Lipinski definition) is 6. The Kier molecular flexibility index (Phi) is 9.32. The lowest BCUT2D eigenvalue weighted by atomic mass is 9.79. The van der Waals surface area contributed by atoms with Gasteiger partial charge in [-0.1, -0.05) is 6.07 Å². The van der Waals surface area contributed by atoms with E-state index >= 15 is 0 Å². The van der Waals surface area contributed by atoms with Gasteiger partial charge in [-0.15, -0.1) is 0 Å². The number of nitrogens with two attached hydrogens (primary N) is 2. The molecule has 1 heterocycles. The van der Waals surface area contributed by atoms with Crippen molar-refractivity contribution >= 4 is 58.5 Å². The highest BCUT2D eigenvalue weighted by molar-refractivity contribution is 6.06. The Morgan fingerprint density at radius 3 is 2.23 bits per heavy atom. The van der Waals surface area contributed by atoms with Crippen LogP contribution in [0.3, 0.4) is 0 Å². The number of halogens is 3. The third-order valence-electron chi connectivity index (χ3n) is 7.40. The number of fused-ring (bicyclic) bond motifs is 3. The summed E-state index contributed by atoms with van der Waals surface area (Å²) in [6.07, 6.45) is 1.20. The third-order valence-corrected chi connectivity index (χ3v) is 7.40.